The van der Waals surface area contributed by atoms with Crippen molar-refractivity contribution in [1.82, 2.24) is 10.6 Å². The van der Waals surface area contributed by atoms with E-state index in [0.717, 1.165) is 12.5 Å². The first-order valence-electron chi connectivity index (χ1n) is 6.30. The number of carbonyl (C=O) groups is 1. The lowest BCUT2D eigenvalue weighted by atomic mass is 10.0. The largest absolute Gasteiger partial charge is 0.351 e. The summed E-state index contributed by atoms with van der Waals surface area (Å²) in [5.41, 5.74) is 0.562. The van der Waals surface area contributed by atoms with Gasteiger partial charge in [-0.25, -0.2) is 0 Å². The number of hydrogen-bond donors (Lipinski definition) is 2. The number of carbonyl (C=O) groups excluding carboxylic acids is 1. The molecule has 0 bridgehead atoms. The lowest BCUT2D eigenvalue weighted by molar-refractivity contribution is -0.122. The van der Waals surface area contributed by atoms with Crippen LogP contribution < -0.4 is 10.6 Å². The predicted molar refractivity (Wildman–Crippen MR) is 65.1 cm³/mol. The summed E-state index contributed by atoms with van der Waals surface area (Å²) in [6.45, 7) is 7.08. The summed E-state index contributed by atoms with van der Waals surface area (Å²) in [7, 11) is 0. The molecule has 1 unspecified atom stereocenters. The number of hydrogen-bond acceptors (Lipinski definition) is 2. The first kappa shape index (κ1) is 11.6. The molecule has 3 nitrogen and oxygen atoms in total. The molecule has 16 heavy (non-hydrogen) atoms. The Bertz CT molecular complexity index is 280. The fraction of sp³-hybridized carbons (Fsp3) is 0.769. The average molecular weight is 222 g/mol. The molecule has 2 aliphatic carbocycles. The van der Waals surface area contributed by atoms with Crippen molar-refractivity contribution < 1.29 is 4.79 Å². The van der Waals surface area contributed by atoms with Crippen molar-refractivity contribution in [3.8, 4) is 0 Å². The lowest BCUT2D eigenvalue weighted by Crippen LogP contribution is -2.44. The predicted octanol–water partition coefficient (Wildman–Crippen LogP) is 1.46. The van der Waals surface area contributed by atoms with E-state index in [0.29, 0.717) is 12.0 Å². The van der Waals surface area contributed by atoms with Gasteiger partial charge in [0.25, 0.3) is 0 Å². The molecule has 2 rings (SSSR count). The topological polar surface area (TPSA) is 41.1 Å². The van der Waals surface area contributed by atoms with Gasteiger partial charge in [0, 0.05) is 13.1 Å². The molecule has 0 aromatic carbocycles. The molecule has 0 aliphatic heterocycles. The van der Waals surface area contributed by atoms with Crippen molar-refractivity contribution >= 4 is 5.91 Å². The number of nitrogens with one attached hydrogen (secondary N) is 2. The first-order chi connectivity index (χ1) is 7.68. The van der Waals surface area contributed by atoms with Crippen LogP contribution in [0.1, 0.15) is 32.6 Å². The minimum Gasteiger partial charge on any atom is -0.351 e. The maximum Gasteiger partial charge on any atom is 0.237 e. The van der Waals surface area contributed by atoms with E-state index in [1.807, 2.05) is 6.92 Å². The van der Waals surface area contributed by atoms with E-state index < -0.39 is 0 Å². The van der Waals surface area contributed by atoms with Crippen molar-refractivity contribution in [3.63, 3.8) is 0 Å². The maximum absolute atomic E-state index is 11.6. The maximum atomic E-state index is 11.6. The molecule has 0 aromatic rings. The summed E-state index contributed by atoms with van der Waals surface area (Å²) in [6, 6.07) is -0.0869. The monoisotopic (exact) mass is 222 g/mol. The molecule has 2 N–H and O–H groups in total. The fourth-order valence-corrected chi connectivity index (χ4v) is 2.36. The van der Waals surface area contributed by atoms with Crippen LogP contribution in [0.3, 0.4) is 0 Å². The fourth-order valence-electron chi connectivity index (χ4n) is 2.36. The third-order valence-electron chi connectivity index (χ3n) is 3.91. The Morgan fingerprint density at radius 3 is 2.75 bits per heavy atom. The van der Waals surface area contributed by atoms with Gasteiger partial charge in [-0.15, -0.1) is 6.58 Å². The van der Waals surface area contributed by atoms with Gasteiger partial charge in [-0.3, -0.25) is 4.79 Å². The van der Waals surface area contributed by atoms with Gasteiger partial charge in [0.15, 0.2) is 0 Å². The molecule has 0 saturated heterocycles. The van der Waals surface area contributed by atoms with E-state index in [1.165, 1.54) is 25.7 Å². The summed E-state index contributed by atoms with van der Waals surface area (Å²) in [5, 5.41) is 6.18. The van der Waals surface area contributed by atoms with Crippen LogP contribution in [-0.4, -0.2) is 25.0 Å². The zero-order valence-corrected chi connectivity index (χ0v) is 10.1. The second kappa shape index (κ2) is 4.58. The van der Waals surface area contributed by atoms with Crippen molar-refractivity contribution in [1.29, 1.82) is 0 Å². The normalized spacial score (nSPS) is 23.6. The van der Waals surface area contributed by atoms with Gasteiger partial charge in [0.2, 0.25) is 5.91 Å². The smallest absolute Gasteiger partial charge is 0.237 e. The van der Waals surface area contributed by atoms with Gasteiger partial charge < -0.3 is 10.6 Å². The van der Waals surface area contributed by atoms with Crippen LogP contribution in [0.5, 0.6) is 0 Å². The van der Waals surface area contributed by atoms with Crippen LogP contribution >= 0.6 is 0 Å². The zero-order chi connectivity index (χ0) is 11.6. The van der Waals surface area contributed by atoms with E-state index in [4.69, 9.17) is 0 Å². The highest BCUT2D eigenvalue weighted by Crippen LogP contribution is 2.60. The third-order valence-corrected chi connectivity index (χ3v) is 3.91. The highest BCUT2D eigenvalue weighted by Gasteiger charge is 2.53. The molecule has 3 heteroatoms. The Kier molecular flexibility index (Phi) is 3.33. The van der Waals surface area contributed by atoms with E-state index in [-0.39, 0.29) is 11.9 Å². The highest BCUT2D eigenvalue weighted by atomic mass is 16.2. The molecule has 0 heterocycles. The van der Waals surface area contributed by atoms with Crippen molar-refractivity contribution in [2.45, 2.75) is 38.6 Å². The van der Waals surface area contributed by atoms with Crippen LogP contribution in [0.4, 0.5) is 0 Å². The Morgan fingerprint density at radius 1 is 1.56 bits per heavy atom. The summed E-state index contributed by atoms with van der Waals surface area (Å²) < 4.78 is 0. The molecular formula is C13H22N2O. The Morgan fingerprint density at radius 2 is 2.25 bits per heavy atom. The van der Waals surface area contributed by atoms with E-state index in [9.17, 15) is 4.79 Å². The average Bonchev–Trinajstić information content (AvgIpc) is 3.14. The lowest BCUT2D eigenvalue weighted by Gasteiger charge is -2.19. The van der Waals surface area contributed by atoms with E-state index >= 15 is 0 Å². The number of amides is 1. The quantitative estimate of drug-likeness (QED) is 0.640. The molecule has 2 aliphatic rings. The van der Waals surface area contributed by atoms with E-state index in [1.54, 1.807) is 6.08 Å². The minimum absolute atomic E-state index is 0.0755. The van der Waals surface area contributed by atoms with Gasteiger partial charge in [-0.2, -0.15) is 0 Å². The van der Waals surface area contributed by atoms with Crippen molar-refractivity contribution in [2.75, 3.05) is 13.1 Å². The molecule has 1 amide bonds. The third kappa shape index (κ3) is 2.64. The van der Waals surface area contributed by atoms with Gasteiger partial charge >= 0.3 is 0 Å². The summed E-state index contributed by atoms with van der Waals surface area (Å²) >= 11 is 0. The summed E-state index contributed by atoms with van der Waals surface area (Å²) in [4.78, 5) is 11.6. The van der Waals surface area contributed by atoms with Gasteiger partial charge in [-0.05, 0) is 43.9 Å². The molecular weight excluding hydrogens is 200 g/mol. The van der Waals surface area contributed by atoms with E-state index in [2.05, 4.69) is 17.2 Å². The van der Waals surface area contributed by atoms with Crippen LogP contribution in [0.2, 0.25) is 0 Å². The van der Waals surface area contributed by atoms with Crippen LogP contribution in [-0.2, 0) is 4.79 Å². The molecule has 2 saturated carbocycles. The molecule has 1 atom stereocenters. The van der Waals surface area contributed by atoms with Crippen molar-refractivity contribution in [3.05, 3.63) is 12.7 Å². The molecule has 90 valence electrons. The number of rotatable bonds is 7. The molecule has 2 fully saturated rings. The molecule has 0 spiro atoms. The highest BCUT2D eigenvalue weighted by molar-refractivity contribution is 5.81. The van der Waals surface area contributed by atoms with Crippen LogP contribution in [0.15, 0.2) is 12.7 Å². The van der Waals surface area contributed by atoms with Gasteiger partial charge in [0.1, 0.15) is 0 Å². The second-order valence-electron chi connectivity index (χ2n) is 5.27. The van der Waals surface area contributed by atoms with Crippen molar-refractivity contribution in [2.24, 2.45) is 11.3 Å². The Balaban J connectivity index is 1.68. The summed E-state index contributed by atoms with van der Waals surface area (Å²) in [5.74, 6) is 1.02. The second-order valence-corrected chi connectivity index (χ2v) is 5.27. The zero-order valence-electron chi connectivity index (χ0n) is 10.1. The van der Waals surface area contributed by atoms with Gasteiger partial charge in [0.05, 0.1) is 6.04 Å². The molecule has 0 radical (unpaired) electrons. The summed E-state index contributed by atoms with van der Waals surface area (Å²) in [6.07, 6.45) is 7.21. The van der Waals surface area contributed by atoms with Gasteiger partial charge in [-0.1, -0.05) is 6.08 Å². The van der Waals surface area contributed by atoms with Crippen LogP contribution in [0.25, 0.3) is 0 Å². The first-order valence-corrected chi connectivity index (χ1v) is 6.30. The van der Waals surface area contributed by atoms with Crippen LogP contribution in [0, 0.1) is 11.3 Å². The SMILES string of the molecule is C=CCNC(=O)C(C)NCC1(C2CC2)CC1. The Labute approximate surface area is 97.7 Å². The Hall–Kier alpha value is -0.830. The molecule has 0 aromatic heterocycles. The minimum atomic E-state index is -0.0869. The standard InChI is InChI=1S/C13H22N2O/c1-3-8-14-12(16)10(2)15-9-13(6-7-13)11-4-5-11/h3,10-11,15H,1,4-9H2,2H3,(H,14,16).